The van der Waals surface area contributed by atoms with Gasteiger partial charge in [0.2, 0.25) is 5.91 Å². The van der Waals surface area contributed by atoms with Gasteiger partial charge in [-0.05, 0) is 70.0 Å². The molecular weight excluding hydrogens is 358 g/mol. The first kappa shape index (κ1) is 23.3. The Kier molecular flexibility index (Phi) is 7.81. The first-order valence-electron chi connectivity index (χ1n) is 10.9. The third-order valence-electron chi connectivity index (χ3n) is 6.91. The zero-order valence-electron chi connectivity index (χ0n) is 18.8. The SMILES string of the molecule is C=C/C=C\C1C[C@@]1(C)C(=O)NC(=N)C(C)(C)C1=CC[C@H](C(CC)CCNC)C=C1. The van der Waals surface area contributed by atoms with Gasteiger partial charge < -0.3 is 10.6 Å². The summed E-state index contributed by atoms with van der Waals surface area (Å²) in [4.78, 5) is 12.8. The van der Waals surface area contributed by atoms with E-state index in [2.05, 4.69) is 42.4 Å². The Labute approximate surface area is 177 Å². The summed E-state index contributed by atoms with van der Waals surface area (Å²) >= 11 is 0. The third kappa shape index (κ3) is 5.36. The van der Waals surface area contributed by atoms with Crippen LogP contribution in [0.3, 0.4) is 0 Å². The van der Waals surface area contributed by atoms with Crippen molar-refractivity contribution in [1.82, 2.24) is 10.6 Å². The molecule has 1 amide bonds. The molecule has 0 aromatic rings. The molecule has 0 saturated heterocycles. The molecule has 0 aliphatic heterocycles. The van der Waals surface area contributed by atoms with Crippen molar-refractivity contribution in [3.05, 3.63) is 48.6 Å². The lowest BCUT2D eigenvalue weighted by Crippen LogP contribution is -2.44. The van der Waals surface area contributed by atoms with Gasteiger partial charge in [-0.1, -0.05) is 63.3 Å². The van der Waals surface area contributed by atoms with Gasteiger partial charge in [-0.25, -0.2) is 0 Å². The molecule has 0 heterocycles. The average molecular weight is 398 g/mol. The number of carbonyl (C=O) groups excluding carboxylic acids is 1. The van der Waals surface area contributed by atoms with Crippen LogP contribution in [0, 0.1) is 34.0 Å². The Morgan fingerprint density at radius 2 is 2.21 bits per heavy atom. The van der Waals surface area contributed by atoms with Gasteiger partial charge in [-0.2, -0.15) is 0 Å². The smallest absolute Gasteiger partial charge is 0.231 e. The van der Waals surface area contributed by atoms with Gasteiger partial charge in [-0.15, -0.1) is 0 Å². The summed E-state index contributed by atoms with van der Waals surface area (Å²) in [5, 5.41) is 14.7. The second-order valence-corrected chi connectivity index (χ2v) is 9.28. The summed E-state index contributed by atoms with van der Waals surface area (Å²) in [5.41, 5.74) is 0.194. The topological polar surface area (TPSA) is 65.0 Å². The Morgan fingerprint density at radius 3 is 2.76 bits per heavy atom. The maximum absolute atomic E-state index is 12.8. The van der Waals surface area contributed by atoms with Gasteiger partial charge in [0.15, 0.2) is 0 Å². The lowest BCUT2D eigenvalue weighted by Gasteiger charge is -2.32. The van der Waals surface area contributed by atoms with Crippen LogP contribution in [0.4, 0.5) is 0 Å². The molecule has 1 saturated carbocycles. The molecule has 0 bridgehead atoms. The van der Waals surface area contributed by atoms with E-state index in [9.17, 15) is 4.79 Å². The fourth-order valence-corrected chi connectivity index (χ4v) is 4.21. The lowest BCUT2D eigenvalue weighted by atomic mass is 9.75. The van der Waals surface area contributed by atoms with E-state index in [0.717, 1.165) is 25.0 Å². The summed E-state index contributed by atoms with van der Waals surface area (Å²) in [6.45, 7) is 13.0. The van der Waals surface area contributed by atoms with Crippen molar-refractivity contribution in [1.29, 1.82) is 5.41 Å². The van der Waals surface area contributed by atoms with E-state index in [-0.39, 0.29) is 17.7 Å². The number of carbonyl (C=O) groups is 1. The van der Waals surface area contributed by atoms with E-state index in [1.165, 1.54) is 12.8 Å². The van der Waals surface area contributed by atoms with Crippen LogP contribution in [-0.2, 0) is 4.79 Å². The first-order valence-corrected chi connectivity index (χ1v) is 10.9. The van der Waals surface area contributed by atoms with Gasteiger partial charge in [0.1, 0.15) is 5.84 Å². The number of nitrogens with one attached hydrogen (secondary N) is 3. The second kappa shape index (κ2) is 9.71. The van der Waals surface area contributed by atoms with Crippen molar-refractivity contribution >= 4 is 11.7 Å². The summed E-state index contributed by atoms with van der Waals surface area (Å²) in [6, 6.07) is 0. The standard InChI is InChI=1S/C25H39N3O/c1-7-9-10-21-17-25(21,5)23(29)28-22(26)24(3,4)20-13-11-19(12-14-20)18(8-2)15-16-27-6/h7,9-11,13-14,18-19,21,27H,1,8,12,15-17H2,2-6H3,(H2,26,28,29)/b10-9-/t18?,19-,21?,25-/m1/s1. The Morgan fingerprint density at radius 1 is 1.48 bits per heavy atom. The van der Waals surface area contributed by atoms with Crippen molar-refractivity contribution in [2.24, 2.45) is 28.6 Å². The molecule has 4 heteroatoms. The van der Waals surface area contributed by atoms with Crippen molar-refractivity contribution in [2.75, 3.05) is 13.6 Å². The van der Waals surface area contributed by atoms with Crippen LogP contribution in [0.2, 0.25) is 0 Å². The molecule has 29 heavy (non-hydrogen) atoms. The molecule has 2 aliphatic rings. The highest BCUT2D eigenvalue weighted by Gasteiger charge is 2.55. The van der Waals surface area contributed by atoms with E-state index < -0.39 is 10.8 Å². The van der Waals surface area contributed by atoms with Gasteiger partial charge in [0.25, 0.3) is 0 Å². The number of hydrogen-bond acceptors (Lipinski definition) is 3. The highest BCUT2D eigenvalue weighted by Crippen LogP contribution is 2.53. The highest BCUT2D eigenvalue weighted by molar-refractivity contribution is 6.04. The number of hydrogen-bond donors (Lipinski definition) is 3. The molecule has 0 spiro atoms. The van der Waals surface area contributed by atoms with Gasteiger partial charge in [0, 0.05) is 5.41 Å². The monoisotopic (exact) mass is 397 g/mol. The predicted molar refractivity (Wildman–Crippen MR) is 123 cm³/mol. The molecular formula is C25H39N3O. The Balaban J connectivity index is 1.97. The lowest BCUT2D eigenvalue weighted by molar-refractivity contribution is -0.124. The summed E-state index contributed by atoms with van der Waals surface area (Å²) in [5.74, 6) is 1.69. The number of amides is 1. The van der Waals surface area contributed by atoms with Crippen LogP contribution in [0.5, 0.6) is 0 Å². The van der Waals surface area contributed by atoms with Crippen molar-refractivity contribution in [3.63, 3.8) is 0 Å². The number of amidine groups is 1. The van der Waals surface area contributed by atoms with E-state index >= 15 is 0 Å². The molecule has 1 fully saturated rings. The molecule has 2 rings (SSSR count). The van der Waals surface area contributed by atoms with Crippen molar-refractivity contribution in [2.45, 2.75) is 53.4 Å². The minimum Gasteiger partial charge on any atom is -0.320 e. The van der Waals surface area contributed by atoms with Crippen LogP contribution >= 0.6 is 0 Å². The van der Waals surface area contributed by atoms with Crippen LogP contribution < -0.4 is 10.6 Å². The molecule has 0 aromatic heterocycles. The zero-order valence-corrected chi connectivity index (χ0v) is 18.8. The van der Waals surface area contributed by atoms with Crippen LogP contribution in [0.25, 0.3) is 0 Å². The molecule has 160 valence electrons. The van der Waals surface area contributed by atoms with E-state index in [1.54, 1.807) is 6.08 Å². The van der Waals surface area contributed by atoms with Gasteiger partial charge in [-0.3, -0.25) is 10.2 Å². The summed E-state index contributed by atoms with van der Waals surface area (Å²) < 4.78 is 0. The maximum atomic E-state index is 12.8. The first-order chi connectivity index (χ1) is 13.7. The molecule has 4 atom stereocenters. The molecule has 4 nitrogen and oxygen atoms in total. The fraction of sp³-hybridized carbons (Fsp3) is 0.600. The van der Waals surface area contributed by atoms with Crippen LogP contribution in [0.15, 0.2) is 48.6 Å². The summed E-state index contributed by atoms with van der Waals surface area (Å²) in [6.07, 6.45) is 16.6. The van der Waals surface area contributed by atoms with Gasteiger partial charge in [0.05, 0.1) is 5.41 Å². The molecule has 0 aromatic carbocycles. The normalized spacial score (nSPS) is 27.4. The minimum atomic E-state index is -0.512. The highest BCUT2D eigenvalue weighted by atomic mass is 16.2. The minimum absolute atomic E-state index is 0.0503. The van der Waals surface area contributed by atoms with E-state index in [4.69, 9.17) is 5.41 Å². The van der Waals surface area contributed by atoms with Crippen LogP contribution in [0.1, 0.15) is 53.4 Å². The molecule has 2 unspecified atom stereocenters. The van der Waals surface area contributed by atoms with Gasteiger partial charge >= 0.3 is 0 Å². The Bertz CT molecular complexity index is 716. The predicted octanol–water partition coefficient (Wildman–Crippen LogP) is 5.01. The third-order valence-corrected chi connectivity index (χ3v) is 6.91. The van der Waals surface area contributed by atoms with Crippen molar-refractivity contribution in [3.8, 4) is 0 Å². The van der Waals surface area contributed by atoms with Crippen LogP contribution in [-0.4, -0.2) is 25.3 Å². The van der Waals surface area contributed by atoms with E-state index in [0.29, 0.717) is 11.8 Å². The number of rotatable bonds is 10. The largest absolute Gasteiger partial charge is 0.320 e. The molecule has 2 aliphatic carbocycles. The summed E-state index contributed by atoms with van der Waals surface area (Å²) in [7, 11) is 2.00. The Hall–Kier alpha value is -1.94. The fourth-order valence-electron chi connectivity index (χ4n) is 4.21. The van der Waals surface area contributed by atoms with E-state index in [1.807, 2.05) is 40.0 Å². The molecule has 0 radical (unpaired) electrons. The molecule has 3 N–H and O–H groups in total. The maximum Gasteiger partial charge on any atom is 0.231 e. The quantitative estimate of drug-likeness (QED) is 0.275. The number of allylic oxidation sites excluding steroid dienone is 6. The average Bonchev–Trinajstić information content (AvgIpc) is 3.38. The second-order valence-electron chi connectivity index (χ2n) is 9.28. The zero-order chi connectivity index (χ0) is 21.7. The van der Waals surface area contributed by atoms with Crippen molar-refractivity contribution < 1.29 is 4.79 Å².